The first-order valence-corrected chi connectivity index (χ1v) is 4.74. The average Bonchev–Trinajstić information content (AvgIpc) is 2.63. The molecule has 1 aliphatic rings. The number of nitrogens with one attached hydrogen (secondary N) is 2. The van der Waals surface area contributed by atoms with Gasteiger partial charge in [-0.05, 0) is 6.42 Å². The summed E-state index contributed by atoms with van der Waals surface area (Å²) in [7, 11) is 0. The molecule has 0 amide bonds. The van der Waals surface area contributed by atoms with Crippen molar-refractivity contribution in [2.24, 2.45) is 0 Å². The fourth-order valence-electron chi connectivity index (χ4n) is 1.89. The summed E-state index contributed by atoms with van der Waals surface area (Å²) < 4.78 is 0. The number of imidazole rings is 1. The Hall–Kier alpha value is -0.870. The van der Waals surface area contributed by atoms with Gasteiger partial charge in [-0.3, -0.25) is 0 Å². The molecule has 4 heteroatoms. The largest absolute Gasteiger partial charge is 0.395 e. The van der Waals surface area contributed by atoms with E-state index < -0.39 is 0 Å². The van der Waals surface area contributed by atoms with Crippen LogP contribution in [0.2, 0.25) is 0 Å². The van der Waals surface area contributed by atoms with Gasteiger partial charge in [-0.25, -0.2) is 4.98 Å². The molecule has 0 bridgehead atoms. The van der Waals surface area contributed by atoms with Crippen LogP contribution in [-0.4, -0.2) is 27.7 Å². The van der Waals surface area contributed by atoms with Crippen LogP contribution >= 0.6 is 0 Å². The smallest absolute Gasteiger partial charge is 0.0925 e. The van der Waals surface area contributed by atoms with E-state index in [0.29, 0.717) is 6.04 Å². The zero-order chi connectivity index (χ0) is 9.26. The summed E-state index contributed by atoms with van der Waals surface area (Å²) in [4.78, 5) is 7.40. The molecule has 0 aliphatic carbocycles. The number of aromatic amines is 1. The highest BCUT2D eigenvalue weighted by Gasteiger charge is 2.26. The Balaban J connectivity index is 2.25. The van der Waals surface area contributed by atoms with E-state index in [2.05, 4.69) is 22.2 Å². The zero-order valence-corrected chi connectivity index (χ0v) is 7.75. The molecule has 0 spiro atoms. The Morgan fingerprint density at radius 3 is 3.23 bits per heavy atom. The maximum atomic E-state index is 9.07. The summed E-state index contributed by atoms with van der Waals surface area (Å²) in [6, 6.07) is 0.477. The standard InChI is InChI=1S/C9H15N3O/c1-2-7-9-8(10-5-11-9)3-6(4-13)12-7/h5-7,12-13H,2-4H2,1H3,(H,10,11). The quantitative estimate of drug-likeness (QED) is 0.617. The normalized spacial score (nSPS) is 27.2. The van der Waals surface area contributed by atoms with Crippen molar-refractivity contribution in [3.8, 4) is 0 Å². The number of nitrogens with zero attached hydrogens (tertiary/aromatic N) is 1. The van der Waals surface area contributed by atoms with Crippen molar-refractivity contribution in [2.75, 3.05) is 6.61 Å². The van der Waals surface area contributed by atoms with Crippen molar-refractivity contribution in [1.29, 1.82) is 0 Å². The van der Waals surface area contributed by atoms with Gasteiger partial charge in [0.1, 0.15) is 0 Å². The first kappa shape index (κ1) is 8.72. The van der Waals surface area contributed by atoms with Crippen LogP contribution in [0.25, 0.3) is 0 Å². The fraction of sp³-hybridized carbons (Fsp3) is 0.667. The predicted molar refractivity (Wildman–Crippen MR) is 49.3 cm³/mol. The third-order valence-corrected chi connectivity index (χ3v) is 2.60. The molecule has 2 rings (SSSR count). The highest BCUT2D eigenvalue weighted by Crippen LogP contribution is 2.23. The number of aromatic nitrogens is 2. The highest BCUT2D eigenvalue weighted by molar-refractivity contribution is 5.20. The van der Waals surface area contributed by atoms with E-state index in [1.54, 1.807) is 6.33 Å². The summed E-state index contributed by atoms with van der Waals surface area (Å²) in [5.74, 6) is 0. The monoisotopic (exact) mass is 181 g/mol. The first-order chi connectivity index (χ1) is 6.35. The average molecular weight is 181 g/mol. The predicted octanol–water partition coefficient (Wildman–Crippen LogP) is 0.367. The molecule has 72 valence electrons. The van der Waals surface area contributed by atoms with Crippen LogP contribution in [0, 0.1) is 0 Å². The third kappa shape index (κ3) is 1.47. The molecule has 0 saturated carbocycles. The molecule has 13 heavy (non-hydrogen) atoms. The van der Waals surface area contributed by atoms with Gasteiger partial charge in [0.2, 0.25) is 0 Å². The molecule has 2 atom stereocenters. The van der Waals surface area contributed by atoms with Crippen molar-refractivity contribution in [2.45, 2.75) is 31.8 Å². The molecule has 2 unspecified atom stereocenters. The molecule has 4 nitrogen and oxygen atoms in total. The number of hydrogen-bond acceptors (Lipinski definition) is 3. The van der Waals surface area contributed by atoms with Crippen molar-refractivity contribution < 1.29 is 5.11 Å². The van der Waals surface area contributed by atoms with E-state index in [-0.39, 0.29) is 12.6 Å². The van der Waals surface area contributed by atoms with Gasteiger partial charge in [-0.2, -0.15) is 0 Å². The Labute approximate surface area is 77.4 Å². The lowest BCUT2D eigenvalue weighted by Crippen LogP contribution is -2.41. The van der Waals surface area contributed by atoms with Gasteiger partial charge in [-0.1, -0.05) is 6.92 Å². The fourth-order valence-corrected chi connectivity index (χ4v) is 1.89. The van der Waals surface area contributed by atoms with Crippen molar-refractivity contribution in [3.63, 3.8) is 0 Å². The van der Waals surface area contributed by atoms with Crippen LogP contribution < -0.4 is 5.32 Å². The van der Waals surface area contributed by atoms with Gasteiger partial charge in [0.05, 0.1) is 24.7 Å². The Morgan fingerprint density at radius 2 is 2.54 bits per heavy atom. The van der Waals surface area contributed by atoms with E-state index in [1.165, 1.54) is 5.69 Å². The number of rotatable bonds is 2. The van der Waals surface area contributed by atoms with Crippen molar-refractivity contribution >= 4 is 0 Å². The van der Waals surface area contributed by atoms with Gasteiger partial charge in [-0.15, -0.1) is 0 Å². The number of hydrogen-bond donors (Lipinski definition) is 3. The second-order valence-corrected chi connectivity index (χ2v) is 3.48. The summed E-state index contributed by atoms with van der Waals surface area (Å²) in [5.41, 5.74) is 2.29. The number of H-pyrrole nitrogens is 1. The second kappa shape index (κ2) is 3.47. The number of aliphatic hydroxyl groups excluding tert-OH is 1. The van der Waals surface area contributed by atoms with Crippen LogP contribution in [0.5, 0.6) is 0 Å². The lowest BCUT2D eigenvalue weighted by molar-refractivity contribution is 0.219. The minimum atomic E-state index is 0.179. The van der Waals surface area contributed by atoms with Gasteiger partial charge in [0, 0.05) is 18.2 Å². The minimum Gasteiger partial charge on any atom is -0.395 e. The molecule has 3 N–H and O–H groups in total. The van der Waals surface area contributed by atoms with Crippen LogP contribution in [0.4, 0.5) is 0 Å². The molecule has 0 radical (unpaired) electrons. The summed E-state index contributed by atoms with van der Waals surface area (Å²) >= 11 is 0. The van der Waals surface area contributed by atoms with Gasteiger partial charge in [0.25, 0.3) is 0 Å². The highest BCUT2D eigenvalue weighted by atomic mass is 16.3. The SMILES string of the molecule is CCC1NC(CO)Cc2[nH]cnc21. The van der Waals surface area contributed by atoms with Crippen LogP contribution in [-0.2, 0) is 6.42 Å². The van der Waals surface area contributed by atoms with E-state index in [9.17, 15) is 0 Å². The van der Waals surface area contributed by atoms with Gasteiger partial charge >= 0.3 is 0 Å². The van der Waals surface area contributed by atoms with Crippen LogP contribution in [0.3, 0.4) is 0 Å². The molecule has 1 aromatic rings. The van der Waals surface area contributed by atoms with Gasteiger partial charge < -0.3 is 15.4 Å². The molecule has 2 heterocycles. The summed E-state index contributed by atoms with van der Waals surface area (Å²) in [6.45, 7) is 2.31. The van der Waals surface area contributed by atoms with Crippen molar-refractivity contribution in [3.05, 3.63) is 17.7 Å². The topological polar surface area (TPSA) is 60.9 Å². The third-order valence-electron chi connectivity index (χ3n) is 2.60. The Kier molecular flexibility index (Phi) is 2.33. The minimum absolute atomic E-state index is 0.179. The molecule has 0 fully saturated rings. The van der Waals surface area contributed by atoms with E-state index in [4.69, 9.17) is 5.11 Å². The Bertz CT molecular complexity index is 284. The lowest BCUT2D eigenvalue weighted by atomic mass is 9.98. The Morgan fingerprint density at radius 1 is 1.69 bits per heavy atom. The molecule has 1 aromatic heterocycles. The lowest BCUT2D eigenvalue weighted by Gasteiger charge is -2.28. The number of fused-ring (bicyclic) bond motifs is 1. The summed E-state index contributed by atoms with van der Waals surface area (Å²) in [6.07, 6.45) is 3.59. The second-order valence-electron chi connectivity index (χ2n) is 3.48. The maximum absolute atomic E-state index is 9.07. The molecular weight excluding hydrogens is 166 g/mol. The van der Waals surface area contributed by atoms with Crippen LogP contribution in [0.1, 0.15) is 30.8 Å². The summed E-state index contributed by atoms with van der Waals surface area (Å²) in [5, 5.41) is 12.4. The van der Waals surface area contributed by atoms with E-state index in [1.807, 2.05) is 0 Å². The first-order valence-electron chi connectivity index (χ1n) is 4.74. The number of aliphatic hydroxyl groups is 1. The molecule has 0 saturated heterocycles. The van der Waals surface area contributed by atoms with Crippen LogP contribution in [0.15, 0.2) is 6.33 Å². The van der Waals surface area contributed by atoms with E-state index >= 15 is 0 Å². The van der Waals surface area contributed by atoms with E-state index in [0.717, 1.165) is 18.5 Å². The maximum Gasteiger partial charge on any atom is 0.0925 e. The molecular formula is C9H15N3O. The van der Waals surface area contributed by atoms with Gasteiger partial charge in [0.15, 0.2) is 0 Å². The molecule has 0 aromatic carbocycles. The van der Waals surface area contributed by atoms with Crippen molar-refractivity contribution in [1.82, 2.24) is 15.3 Å². The zero-order valence-electron chi connectivity index (χ0n) is 7.75. The molecule has 1 aliphatic heterocycles.